The third-order valence-corrected chi connectivity index (χ3v) is 3.77. The third kappa shape index (κ3) is 2.88. The maximum absolute atomic E-state index is 9.43. The van der Waals surface area contributed by atoms with E-state index in [9.17, 15) is 10.0 Å². The van der Waals surface area contributed by atoms with Crippen molar-refractivity contribution in [2.24, 2.45) is 0 Å². The second kappa shape index (κ2) is 5.69. The lowest BCUT2D eigenvalue weighted by atomic mass is 9.75. The molecule has 0 unspecified atom stereocenters. The Labute approximate surface area is 125 Å². The number of benzene rings is 1. The third-order valence-electron chi connectivity index (χ3n) is 2.73. The van der Waals surface area contributed by atoms with Gasteiger partial charge in [0.2, 0.25) is 0 Å². The molecule has 98 valence electrons. The van der Waals surface area contributed by atoms with Crippen LogP contribution in [-0.2, 0) is 0 Å². The Morgan fingerprint density at radius 1 is 1.05 bits per heavy atom. The standard InChI is InChI=1S/C12H9BCl3NO2/c1-6-12(8(13(18)19)2-3-17-6)7-4-10(15)11(16)5-9(7)14/h2-5,18-19H,1H3. The summed E-state index contributed by atoms with van der Waals surface area (Å²) in [7, 11) is -1.62. The first kappa shape index (κ1) is 14.6. The zero-order valence-corrected chi connectivity index (χ0v) is 12.1. The van der Waals surface area contributed by atoms with E-state index < -0.39 is 7.12 Å². The Bertz CT molecular complexity index is 635. The maximum Gasteiger partial charge on any atom is 0.489 e. The van der Waals surface area contributed by atoms with Crippen LogP contribution in [0.15, 0.2) is 24.4 Å². The van der Waals surface area contributed by atoms with Gasteiger partial charge in [-0.15, -0.1) is 0 Å². The molecule has 0 fully saturated rings. The molecule has 0 aliphatic heterocycles. The molecule has 0 saturated carbocycles. The van der Waals surface area contributed by atoms with E-state index in [1.165, 1.54) is 18.3 Å². The summed E-state index contributed by atoms with van der Waals surface area (Å²) < 4.78 is 0. The van der Waals surface area contributed by atoms with Crippen molar-refractivity contribution in [1.29, 1.82) is 0 Å². The van der Waals surface area contributed by atoms with Gasteiger partial charge >= 0.3 is 7.12 Å². The van der Waals surface area contributed by atoms with Crippen LogP contribution in [0, 0.1) is 6.92 Å². The molecule has 0 amide bonds. The minimum Gasteiger partial charge on any atom is -0.423 e. The van der Waals surface area contributed by atoms with Crippen LogP contribution in [0.1, 0.15) is 5.69 Å². The van der Waals surface area contributed by atoms with Crippen LogP contribution >= 0.6 is 34.8 Å². The van der Waals surface area contributed by atoms with Crippen LogP contribution in [0.5, 0.6) is 0 Å². The Balaban J connectivity index is 2.75. The van der Waals surface area contributed by atoms with E-state index >= 15 is 0 Å². The molecule has 0 bridgehead atoms. The minimum absolute atomic E-state index is 0.313. The lowest BCUT2D eigenvalue weighted by Crippen LogP contribution is -2.32. The molecule has 1 aromatic carbocycles. The summed E-state index contributed by atoms with van der Waals surface area (Å²) in [6.45, 7) is 1.75. The molecule has 1 aromatic heterocycles. The largest absolute Gasteiger partial charge is 0.489 e. The van der Waals surface area contributed by atoms with Crippen LogP contribution in [0.4, 0.5) is 0 Å². The molecular formula is C12H9BCl3NO2. The molecule has 0 aliphatic carbocycles. The molecule has 7 heteroatoms. The van der Waals surface area contributed by atoms with Crippen LogP contribution < -0.4 is 5.46 Å². The predicted molar refractivity (Wildman–Crippen MR) is 79.3 cm³/mol. The SMILES string of the molecule is Cc1nccc(B(O)O)c1-c1cc(Cl)c(Cl)cc1Cl. The van der Waals surface area contributed by atoms with Gasteiger partial charge in [0.1, 0.15) is 0 Å². The normalized spacial score (nSPS) is 10.6. The molecule has 1 heterocycles. The Hall–Kier alpha value is -0.775. The maximum atomic E-state index is 9.43. The van der Waals surface area contributed by atoms with E-state index in [4.69, 9.17) is 34.8 Å². The quantitative estimate of drug-likeness (QED) is 0.661. The molecule has 3 nitrogen and oxygen atoms in total. The highest BCUT2D eigenvalue weighted by Gasteiger charge is 2.21. The summed E-state index contributed by atoms with van der Waals surface area (Å²) in [6.07, 6.45) is 1.50. The van der Waals surface area contributed by atoms with Crippen molar-refractivity contribution in [3.05, 3.63) is 45.2 Å². The molecule has 19 heavy (non-hydrogen) atoms. The van der Waals surface area contributed by atoms with E-state index in [0.29, 0.717) is 37.4 Å². The Morgan fingerprint density at radius 2 is 1.68 bits per heavy atom. The smallest absolute Gasteiger partial charge is 0.423 e. The van der Waals surface area contributed by atoms with Gasteiger partial charge < -0.3 is 10.0 Å². The molecule has 0 saturated heterocycles. The van der Waals surface area contributed by atoms with Crippen molar-refractivity contribution in [3.63, 3.8) is 0 Å². The highest BCUT2D eigenvalue weighted by molar-refractivity contribution is 6.60. The van der Waals surface area contributed by atoms with Gasteiger partial charge in [0.05, 0.1) is 15.1 Å². The summed E-state index contributed by atoms with van der Waals surface area (Å²) in [5.74, 6) is 0. The monoisotopic (exact) mass is 315 g/mol. The van der Waals surface area contributed by atoms with Crippen LogP contribution in [0.2, 0.25) is 15.1 Å². The van der Waals surface area contributed by atoms with Crippen LogP contribution in [-0.4, -0.2) is 22.2 Å². The average molecular weight is 316 g/mol. The van der Waals surface area contributed by atoms with E-state index in [-0.39, 0.29) is 0 Å². The number of hydrogen-bond donors (Lipinski definition) is 2. The van der Waals surface area contributed by atoms with Gasteiger partial charge in [0.15, 0.2) is 0 Å². The average Bonchev–Trinajstić information content (AvgIpc) is 2.34. The lowest BCUT2D eigenvalue weighted by molar-refractivity contribution is 0.426. The molecule has 2 N–H and O–H groups in total. The van der Waals surface area contributed by atoms with Crippen LogP contribution in [0.3, 0.4) is 0 Å². The first-order chi connectivity index (χ1) is 8.91. The highest BCUT2D eigenvalue weighted by Crippen LogP contribution is 2.35. The summed E-state index contributed by atoms with van der Waals surface area (Å²) in [6, 6.07) is 4.62. The number of pyridine rings is 1. The Kier molecular flexibility index (Phi) is 4.38. The topological polar surface area (TPSA) is 53.4 Å². The second-order valence-electron chi connectivity index (χ2n) is 3.98. The van der Waals surface area contributed by atoms with Gasteiger partial charge in [-0.05, 0) is 30.6 Å². The summed E-state index contributed by atoms with van der Waals surface area (Å²) in [5, 5.41) is 19.9. The van der Waals surface area contributed by atoms with E-state index in [0.717, 1.165) is 0 Å². The van der Waals surface area contributed by atoms with E-state index in [2.05, 4.69) is 4.98 Å². The summed E-state index contributed by atoms with van der Waals surface area (Å²) in [4.78, 5) is 4.13. The Morgan fingerprint density at radius 3 is 2.32 bits per heavy atom. The first-order valence-corrected chi connectivity index (χ1v) is 6.51. The van der Waals surface area contributed by atoms with Gasteiger partial charge in [-0.1, -0.05) is 34.8 Å². The fraction of sp³-hybridized carbons (Fsp3) is 0.0833. The predicted octanol–water partition coefficient (Wildman–Crippen LogP) is 2.70. The van der Waals surface area contributed by atoms with Gasteiger partial charge in [0.25, 0.3) is 0 Å². The van der Waals surface area contributed by atoms with Gasteiger partial charge in [0, 0.05) is 23.0 Å². The van der Waals surface area contributed by atoms with Crippen molar-refractivity contribution in [2.45, 2.75) is 6.92 Å². The lowest BCUT2D eigenvalue weighted by Gasteiger charge is -2.14. The molecule has 2 aromatic rings. The molecule has 2 rings (SSSR count). The summed E-state index contributed by atoms with van der Waals surface area (Å²) >= 11 is 18.0. The second-order valence-corrected chi connectivity index (χ2v) is 5.20. The van der Waals surface area contributed by atoms with Gasteiger partial charge in [-0.3, -0.25) is 4.98 Å². The number of aryl methyl sites for hydroxylation is 1. The highest BCUT2D eigenvalue weighted by atomic mass is 35.5. The number of rotatable bonds is 2. The van der Waals surface area contributed by atoms with Crippen molar-refractivity contribution >= 4 is 47.4 Å². The zero-order chi connectivity index (χ0) is 14.2. The first-order valence-electron chi connectivity index (χ1n) is 5.38. The molecule has 0 aliphatic rings. The van der Waals surface area contributed by atoms with Crippen molar-refractivity contribution in [1.82, 2.24) is 4.98 Å². The number of aromatic nitrogens is 1. The van der Waals surface area contributed by atoms with E-state index in [1.54, 1.807) is 13.0 Å². The zero-order valence-electron chi connectivity index (χ0n) is 9.86. The van der Waals surface area contributed by atoms with Crippen molar-refractivity contribution in [3.8, 4) is 11.1 Å². The number of nitrogens with zero attached hydrogens (tertiary/aromatic N) is 1. The van der Waals surface area contributed by atoms with Crippen LogP contribution in [0.25, 0.3) is 11.1 Å². The van der Waals surface area contributed by atoms with Crippen molar-refractivity contribution < 1.29 is 10.0 Å². The minimum atomic E-state index is -1.62. The fourth-order valence-corrected chi connectivity index (χ4v) is 2.51. The molecule has 0 atom stereocenters. The van der Waals surface area contributed by atoms with Gasteiger partial charge in [-0.2, -0.15) is 0 Å². The summed E-state index contributed by atoms with van der Waals surface area (Å²) in [5.41, 5.74) is 2.03. The van der Waals surface area contributed by atoms with E-state index in [1.807, 2.05) is 0 Å². The number of halogens is 3. The fourth-order valence-electron chi connectivity index (χ4n) is 1.87. The number of hydrogen-bond acceptors (Lipinski definition) is 3. The van der Waals surface area contributed by atoms with Crippen molar-refractivity contribution in [2.75, 3.05) is 0 Å². The molecule has 0 spiro atoms. The molecular weight excluding hydrogens is 307 g/mol. The van der Waals surface area contributed by atoms with Gasteiger partial charge in [-0.25, -0.2) is 0 Å². The molecule has 0 radical (unpaired) electrons.